The van der Waals surface area contributed by atoms with Crippen LogP contribution in [0.25, 0.3) is 0 Å². The van der Waals surface area contributed by atoms with Crippen LogP contribution in [0, 0.1) is 10.8 Å². The van der Waals surface area contributed by atoms with Crippen molar-refractivity contribution in [3.63, 3.8) is 0 Å². The Morgan fingerprint density at radius 3 is 2.15 bits per heavy atom. The zero-order valence-electron chi connectivity index (χ0n) is 16.5. The predicted octanol–water partition coefficient (Wildman–Crippen LogP) is 2.37. The predicted molar refractivity (Wildman–Crippen MR) is 102 cm³/mol. The Hall–Kier alpha value is -2.08. The smallest absolute Gasteiger partial charge is 0.251 e. The van der Waals surface area contributed by atoms with E-state index in [4.69, 9.17) is 4.74 Å². The molecule has 0 saturated carbocycles. The van der Waals surface area contributed by atoms with Gasteiger partial charge in [0, 0.05) is 30.7 Å². The van der Waals surface area contributed by atoms with Gasteiger partial charge in [-0.2, -0.15) is 0 Å². The first-order valence-electron chi connectivity index (χ1n) is 8.97. The number of aliphatic hydroxyl groups is 1. The van der Waals surface area contributed by atoms with Gasteiger partial charge in [0.2, 0.25) is 5.91 Å². The minimum Gasteiger partial charge on any atom is -0.497 e. The summed E-state index contributed by atoms with van der Waals surface area (Å²) in [6.45, 7) is 8.77. The van der Waals surface area contributed by atoms with E-state index in [0.717, 1.165) is 0 Å². The molecule has 1 aromatic carbocycles. The van der Waals surface area contributed by atoms with Crippen LogP contribution in [0.1, 0.15) is 50.9 Å². The van der Waals surface area contributed by atoms with Gasteiger partial charge in [-0.15, -0.1) is 0 Å². The summed E-state index contributed by atoms with van der Waals surface area (Å²) in [7, 11) is 1.58. The fourth-order valence-electron chi connectivity index (χ4n) is 2.46. The number of aliphatic hydroxyl groups excluding tert-OH is 1. The maximum absolute atomic E-state index is 12.5. The quantitative estimate of drug-likeness (QED) is 0.556. The van der Waals surface area contributed by atoms with Crippen molar-refractivity contribution >= 4 is 11.8 Å². The molecular formula is C20H32N2O4. The highest BCUT2D eigenvalue weighted by atomic mass is 16.5. The number of rotatable bonds is 10. The fourth-order valence-corrected chi connectivity index (χ4v) is 2.46. The molecule has 0 bridgehead atoms. The van der Waals surface area contributed by atoms with E-state index >= 15 is 0 Å². The van der Waals surface area contributed by atoms with E-state index in [1.165, 1.54) is 0 Å². The van der Waals surface area contributed by atoms with Gasteiger partial charge in [-0.25, -0.2) is 0 Å². The first kappa shape index (κ1) is 22.0. The molecule has 0 aliphatic heterocycles. The summed E-state index contributed by atoms with van der Waals surface area (Å²) < 4.78 is 5.07. The molecule has 6 nitrogen and oxygen atoms in total. The summed E-state index contributed by atoms with van der Waals surface area (Å²) >= 11 is 0. The van der Waals surface area contributed by atoms with Crippen molar-refractivity contribution < 1.29 is 19.4 Å². The topological polar surface area (TPSA) is 87.7 Å². The normalized spacial score (nSPS) is 11.8. The van der Waals surface area contributed by atoms with Crippen LogP contribution >= 0.6 is 0 Å². The van der Waals surface area contributed by atoms with E-state index in [9.17, 15) is 14.7 Å². The molecule has 0 aliphatic rings. The van der Waals surface area contributed by atoms with E-state index in [1.54, 1.807) is 31.4 Å². The van der Waals surface area contributed by atoms with Gasteiger partial charge >= 0.3 is 0 Å². The van der Waals surface area contributed by atoms with Crippen LogP contribution in [-0.4, -0.2) is 43.7 Å². The lowest BCUT2D eigenvalue weighted by Gasteiger charge is -2.40. The molecule has 0 fully saturated rings. The third kappa shape index (κ3) is 5.73. The van der Waals surface area contributed by atoms with Crippen LogP contribution in [0.15, 0.2) is 24.3 Å². The van der Waals surface area contributed by atoms with Crippen LogP contribution < -0.4 is 15.4 Å². The summed E-state index contributed by atoms with van der Waals surface area (Å²) in [4.78, 5) is 24.5. The van der Waals surface area contributed by atoms with Crippen LogP contribution in [-0.2, 0) is 4.79 Å². The van der Waals surface area contributed by atoms with Crippen molar-refractivity contribution in [2.24, 2.45) is 10.8 Å². The van der Waals surface area contributed by atoms with Crippen LogP contribution in [0.5, 0.6) is 5.75 Å². The first-order valence-corrected chi connectivity index (χ1v) is 8.97. The van der Waals surface area contributed by atoms with Gasteiger partial charge in [0.1, 0.15) is 5.75 Å². The standard InChI is InChI=1S/C20H32N2O4/c1-19(2,11-14-23)20(3,4)18(25)22-13-6-12-21-17(24)15-7-9-16(26-5)10-8-15/h7-10,23H,6,11-14H2,1-5H3,(H,21,24)(H,22,25). The largest absolute Gasteiger partial charge is 0.497 e. The number of carbonyl (C=O) groups excluding carboxylic acids is 2. The van der Waals surface area contributed by atoms with Gasteiger partial charge in [-0.1, -0.05) is 27.7 Å². The fraction of sp³-hybridized carbons (Fsp3) is 0.600. The number of ether oxygens (including phenoxy) is 1. The van der Waals surface area contributed by atoms with Crippen molar-refractivity contribution in [3.8, 4) is 5.75 Å². The van der Waals surface area contributed by atoms with Gasteiger partial charge in [0.15, 0.2) is 0 Å². The Morgan fingerprint density at radius 1 is 1.04 bits per heavy atom. The van der Waals surface area contributed by atoms with E-state index in [1.807, 2.05) is 27.7 Å². The van der Waals surface area contributed by atoms with E-state index in [0.29, 0.717) is 37.2 Å². The Kier molecular flexibility index (Phi) is 8.08. The van der Waals surface area contributed by atoms with Crippen molar-refractivity contribution in [2.75, 3.05) is 26.8 Å². The maximum atomic E-state index is 12.5. The van der Waals surface area contributed by atoms with Crippen LogP contribution in [0.3, 0.4) is 0 Å². The molecular weight excluding hydrogens is 332 g/mol. The SMILES string of the molecule is COc1ccc(C(=O)NCCCNC(=O)C(C)(C)C(C)(C)CCO)cc1. The molecule has 0 atom stereocenters. The molecule has 2 amide bonds. The monoisotopic (exact) mass is 364 g/mol. The summed E-state index contributed by atoms with van der Waals surface area (Å²) in [5.41, 5.74) is -0.335. The Morgan fingerprint density at radius 2 is 1.62 bits per heavy atom. The lowest BCUT2D eigenvalue weighted by Crippen LogP contribution is -2.47. The molecule has 0 heterocycles. The van der Waals surface area contributed by atoms with Gasteiger partial charge < -0.3 is 20.5 Å². The number of amides is 2. The van der Waals surface area contributed by atoms with Crippen molar-refractivity contribution in [1.82, 2.24) is 10.6 Å². The molecule has 0 radical (unpaired) electrons. The number of benzene rings is 1. The average Bonchev–Trinajstić information content (AvgIpc) is 2.60. The molecule has 26 heavy (non-hydrogen) atoms. The van der Waals surface area contributed by atoms with E-state index < -0.39 is 5.41 Å². The molecule has 146 valence electrons. The Bertz CT molecular complexity index is 594. The highest BCUT2D eigenvalue weighted by molar-refractivity contribution is 5.94. The lowest BCUT2D eigenvalue weighted by atomic mass is 9.65. The highest BCUT2D eigenvalue weighted by Gasteiger charge is 2.42. The van der Waals surface area contributed by atoms with Crippen LogP contribution in [0.4, 0.5) is 0 Å². The number of methoxy groups -OCH3 is 1. The van der Waals surface area contributed by atoms with Gasteiger partial charge in [-0.3, -0.25) is 9.59 Å². The molecule has 0 aliphatic carbocycles. The van der Waals surface area contributed by atoms with Gasteiger partial charge in [0.05, 0.1) is 7.11 Å². The number of hydrogen-bond donors (Lipinski definition) is 3. The lowest BCUT2D eigenvalue weighted by molar-refractivity contribution is -0.136. The van der Waals surface area contributed by atoms with Gasteiger partial charge in [0.25, 0.3) is 5.91 Å². The second kappa shape index (κ2) is 9.57. The Labute approximate surface area is 156 Å². The zero-order valence-corrected chi connectivity index (χ0v) is 16.5. The summed E-state index contributed by atoms with van der Waals surface area (Å²) in [5.74, 6) is 0.511. The van der Waals surface area contributed by atoms with Gasteiger partial charge in [-0.05, 0) is 42.5 Å². The van der Waals surface area contributed by atoms with Crippen LogP contribution in [0.2, 0.25) is 0 Å². The minimum absolute atomic E-state index is 0.0440. The maximum Gasteiger partial charge on any atom is 0.251 e. The summed E-state index contributed by atoms with van der Waals surface area (Å²) in [6, 6.07) is 6.90. The number of nitrogens with one attached hydrogen (secondary N) is 2. The number of carbonyl (C=O) groups is 2. The second-order valence-electron chi connectivity index (χ2n) is 7.58. The molecule has 3 N–H and O–H groups in total. The zero-order chi connectivity index (χ0) is 19.8. The molecule has 1 aromatic rings. The van der Waals surface area contributed by atoms with Crippen molar-refractivity contribution in [1.29, 1.82) is 0 Å². The molecule has 0 saturated heterocycles. The summed E-state index contributed by atoms with van der Waals surface area (Å²) in [5, 5.41) is 15.0. The van der Waals surface area contributed by atoms with E-state index in [2.05, 4.69) is 10.6 Å². The molecule has 1 rings (SSSR count). The second-order valence-corrected chi connectivity index (χ2v) is 7.58. The van der Waals surface area contributed by atoms with Crippen molar-refractivity contribution in [2.45, 2.75) is 40.5 Å². The molecule has 0 aromatic heterocycles. The molecule has 0 spiro atoms. The van der Waals surface area contributed by atoms with E-state index in [-0.39, 0.29) is 23.8 Å². The molecule has 6 heteroatoms. The number of hydrogen-bond acceptors (Lipinski definition) is 4. The molecule has 0 unspecified atom stereocenters. The minimum atomic E-state index is -0.595. The third-order valence-electron chi connectivity index (χ3n) is 5.27. The first-order chi connectivity index (χ1) is 12.2. The Balaban J connectivity index is 2.37. The third-order valence-corrected chi connectivity index (χ3v) is 5.27. The summed E-state index contributed by atoms with van der Waals surface area (Å²) in [6.07, 6.45) is 1.20. The highest BCUT2D eigenvalue weighted by Crippen LogP contribution is 2.41. The van der Waals surface area contributed by atoms with Crippen molar-refractivity contribution in [3.05, 3.63) is 29.8 Å². The average molecular weight is 364 g/mol.